The fraction of sp³-hybridized carbons (Fsp3) is 0.750. The topological polar surface area (TPSA) is 66.5 Å². The molecule has 0 aliphatic carbocycles. The predicted octanol–water partition coefficient (Wildman–Crippen LogP) is -0.766. The zero-order valence-electron chi connectivity index (χ0n) is 4.83. The van der Waals surface area contributed by atoms with Gasteiger partial charge in [-0.25, -0.2) is 0 Å². The molecule has 2 N–H and O–H groups in total. The fourth-order valence-corrected chi connectivity index (χ4v) is 0.826. The van der Waals surface area contributed by atoms with Crippen molar-refractivity contribution >= 4 is 0 Å². The molecule has 1 atom stereocenters. The number of rotatable bonds is 1. The lowest BCUT2D eigenvalue weighted by molar-refractivity contribution is 0.366. The first-order valence-electron chi connectivity index (χ1n) is 2.93. The molecule has 2 rings (SSSR count). The van der Waals surface area contributed by atoms with Crippen LogP contribution in [0.1, 0.15) is 18.3 Å². The molecule has 1 unspecified atom stereocenters. The van der Waals surface area contributed by atoms with Gasteiger partial charge in [0, 0.05) is 0 Å². The van der Waals surface area contributed by atoms with E-state index in [0.29, 0.717) is 6.04 Å². The van der Waals surface area contributed by atoms with Crippen LogP contribution in [-0.2, 0) is 0 Å². The van der Waals surface area contributed by atoms with Gasteiger partial charge in [0.1, 0.15) is 0 Å². The van der Waals surface area contributed by atoms with Gasteiger partial charge in [0.05, 0.1) is 6.04 Å². The van der Waals surface area contributed by atoms with Gasteiger partial charge in [-0.05, 0) is 13.0 Å². The van der Waals surface area contributed by atoms with Crippen LogP contribution in [0.3, 0.4) is 0 Å². The molecule has 1 aliphatic heterocycles. The lowest BCUT2D eigenvalue weighted by Gasteiger charge is -2.23. The molecule has 5 heteroatoms. The smallest absolute Gasteiger partial charge is 0.191 e. The van der Waals surface area contributed by atoms with Gasteiger partial charge in [0.15, 0.2) is 5.82 Å². The quantitative estimate of drug-likeness (QED) is 0.517. The standard InChI is InChI=1S/C4H7N5/c1-2-5-3(1)4-6-8-9-7-4/h3,5H,1-2H2,(H,6,7,8,9). The van der Waals surface area contributed by atoms with E-state index in [1.165, 1.54) is 0 Å². The van der Waals surface area contributed by atoms with Crippen molar-refractivity contribution in [2.75, 3.05) is 6.54 Å². The van der Waals surface area contributed by atoms with Crippen molar-refractivity contribution in [3.05, 3.63) is 5.82 Å². The highest BCUT2D eigenvalue weighted by molar-refractivity contribution is 4.94. The SMILES string of the molecule is C1CC(c2nn[nH]n2)N1. The number of aromatic amines is 1. The van der Waals surface area contributed by atoms with Crippen LogP contribution in [0.15, 0.2) is 0 Å². The Morgan fingerprint density at radius 1 is 1.56 bits per heavy atom. The lowest BCUT2D eigenvalue weighted by Crippen LogP contribution is -2.35. The second kappa shape index (κ2) is 1.77. The van der Waals surface area contributed by atoms with Gasteiger partial charge in [-0.1, -0.05) is 5.21 Å². The summed E-state index contributed by atoms with van der Waals surface area (Å²) in [7, 11) is 0. The number of H-pyrrole nitrogens is 1. The van der Waals surface area contributed by atoms with Crippen LogP contribution < -0.4 is 5.32 Å². The molecule has 1 saturated heterocycles. The van der Waals surface area contributed by atoms with Crippen LogP contribution >= 0.6 is 0 Å². The second-order valence-electron chi connectivity index (χ2n) is 2.07. The van der Waals surface area contributed by atoms with Gasteiger partial charge in [-0.15, -0.1) is 10.2 Å². The Morgan fingerprint density at radius 3 is 2.89 bits per heavy atom. The number of hydrogen-bond donors (Lipinski definition) is 2. The molecule has 1 aromatic heterocycles. The maximum absolute atomic E-state index is 3.83. The summed E-state index contributed by atoms with van der Waals surface area (Å²) in [4.78, 5) is 0. The highest BCUT2D eigenvalue weighted by Gasteiger charge is 2.21. The molecule has 48 valence electrons. The van der Waals surface area contributed by atoms with Gasteiger partial charge in [-0.2, -0.15) is 5.21 Å². The van der Waals surface area contributed by atoms with Gasteiger partial charge < -0.3 is 5.32 Å². The Hall–Kier alpha value is -0.970. The van der Waals surface area contributed by atoms with Crippen molar-refractivity contribution in [1.29, 1.82) is 0 Å². The van der Waals surface area contributed by atoms with Crippen LogP contribution in [0.4, 0.5) is 0 Å². The third-order valence-corrected chi connectivity index (χ3v) is 1.50. The number of hydrogen-bond acceptors (Lipinski definition) is 4. The van der Waals surface area contributed by atoms with Crippen molar-refractivity contribution in [3.63, 3.8) is 0 Å². The van der Waals surface area contributed by atoms with Gasteiger partial charge >= 0.3 is 0 Å². The summed E-state index contributed by atoms with van der Waals surface area (Å²) in [5.74, 6) is 0.779. The highest BCUT2D eigenvalue weighted by Crippen LogP contribution is 2.16. The van der Waals surface area contributed by atoms with Gasteiger partial charge in [0.25, 0.3) is 0 Å². The molecule has 0 radical (unpaired) electrons. The monoisotopic (exact) mass is 125 g/mol. The van der Waals surface area contributed by atoms with Crippen LogP contribution in [-0.4, -0.2) is 27.2 Å². The molecular weight excluding hydrogens is 118 g/mol. The molecule has 9 heavy (non-hydrogen) atoms. The van der Waals surface area contributed by atoms with Crippen molar-refractivity contribution in [3.8, 4) is 0 Å². The van der Waals surface area contributed by atoms with Gasteiger partial charge in [0.2, 0.25) is 0 Å². The molecule has 0 bridgehead atoms. The second-order valence-corrected chi connectivity index (χ2v) is 2.07. The molecular formula is C4H7N5. The minimum Gasteiger partial charge on any atom is -0.307 e. The molecule has 1 aromatic rings. The summed E-state index contributed by atoms with van der Waals surface area (Å²) in [6.45, 7) is 1.07. The Kier molecular flexibility index (Phi) is 0.955. The van der Waals surface area contributed by atoms with Crippen molar-refractivity contribution in [1.82, 2.24) is 25.9 Å². The largest absolute Gasteiger partial charge is 0.307 e. The average Bonchev–Trinajstić information content (AvgIpc) is 2.11. The first-order valence-corrected chi connectivity index (χ1v) is 2.93. The molecule has 0 saturated carbocycles. The van der Waals surface area contributed by atoms with E-state index in [9.17, 15) is 0 Å². The predicted molar refractivity (Wildman–Crippen MR) is 29.5 cm³/mol. The van der Waals surface area contributed by atoms with E-state index in [-0.39, 0.29) is 0 Å². The molecule has 1 aliphatic rings. The van der Waals surface area contributed by atoms with E-state index >= 15 is 0 Å². The first kappa shape index (κ1) is 4.87. The van der Waals surface area contributed by atoms with E-state index < -0.39 is 0 Å². The molecule has 1 fully saturated rings. The third kappa shape index (κ3) is 0.692. The van der Waals surface area contributed by atoms with Crippen LogP contribution in [0.2, 0.25) is 0 Å². The van der Waals surface area contributed by atoms with E-state index in [1.54, 1.807) is 0 Å². The molecule has 5 nitrogen and oxygen atoms in total. The summed E-state index contributed by atoms with van der Waals surface area (Å²) in [6, 6.07) is 0.351. The Labute approximate surface area is 51.8 Å². The van der Waals surface area contributed by atoms with Crippen molar-refractivity contribution in [2.45, 2.75) is 12.5 Å². The third-order valence-electron chi connectivity index (χ3n) is 1.50. The van der Waals surface area contributed by atoms with Gasteiger partial charge in [-0.3, -0.25) is 0 Å². The summed E-state index contributed by atoms with van der Waals surface area (Å²) >= 11 is 0. The fourth-order valence-electron chi connectivity index (χ4n) is 0.826. The Balaban J connectivity index is 2.14. The lowest BCUT2D eigenvalue weighted by atomic mass is 10.1. The molecule has 0 aromatic carbocycles. The zero-order valence-corrected chi connectivity index (χ0v) is 4.83. The summed E-state index contributed by atoms with van der Waals surface area (Å²) in [6.07, 6.45) is 1.12. The average molecular weight is 125 g/mol. The van der Waals surface area contributed by atoms with E-state index in [2.05, 4.69) is 25.9 Å². The van der Waals surface area contributed by atoms with E-state index in [4.69, 9.17) is 0 Å². The van der Waals surface area contributed by atoms with Crippen molar-refractivity contribution < 1.29 is 0 Å². The van der Waals surface area contributed by atoms with E-state index in [0.717, 1.165) is 18.8 Å². The molecule has 2 heterocycles. The van der Waals surface area contributed by atoms with Crippen LogP contribution in [0.25, 0.3) is 0 Å². The number of tetrazole rings is 1. The maximum atomic E-state index is 3.83. The summed E-state index contributed by atoms with van der Waals surface area (Å²) in [5.41, 5.74) is 0. The number of aromatic nitrogens is 4. The van der Waals surface area contributed by atoms with Crippen LogP contribution in [0.5, 0.6) is 0 Å². The minimum absolute atomic E-state index is 0.351. The Morgan fingerprint density at radius 2 is 2.44 bits per heavy atom. The van der Waals surface area contributed by atoms with Crippen LogP contribution in [0, 0.1) is 0 Å². The number of nitrogens with one attached hydrogen (secondary N) is 2. The van der Waals surface area contributed by atoms with E-state index in [1.807, 2.05) is 0 Å². The van der Waals surface area contributed by atoms with Crippen molar-refractivity contribution in [2.24, 2.45) is 0 Å². The maximum Gasteiger partial charge on any atom is 0.191 e. The number of nitrogens with zero attached hydrogens (tertiary/aromatic N) is 3. The summed E-state index contributed by atoms with van der Waals surface area (Å²) < 4.78 is 0. The highest BCUT2D eigenvalue weighted by atomic mass is 15.5. The normalized spacial score (nSPS) is 25.6. The molecule has 0 amide bonds. The summed E-state index contributed by atoms with van der Waals surface area (Å²) in [5, 5.41) is 16.7. The Bertz CT molecular complexity index is 177. The minimum atomic E-state index is 0.351. The first-order chi connectivity index (χ1) is 4.47. The molecule has 0 spiro atoms. The zero-order chi connectivity index (χ0) is 6.10.